The molecule has 0 radical (unpaired) electrons. The summed E-state index contributed by atoms with van der Waals surface area (Å²) in [5.74, 6) is 0.983. The van der Waals surface area contributed by atoms with E-state index >= 15 is 0 Å². The van der Waals surface area contributed by atoms with Gasteiger partial charge in [-0.05, 0) is 33.1 Å². The highest BCUT2D eigenvalue weighted by molar-refractivity contribution is 7.99. The second kappa shape index (κ2) is 5.61. The SMILES string of the molecule is CC1CSCCN1C(=O)N1CCCCC1(C)C(=O)O. The van der Waals surface area contributed by atoms with Crippen LogP contribution in [0.3, 0.4) is 0 Å². The van der Waals surface area contributed by atoms with Crippen LogP contribution in [-0.2, 0) is 4.79 Å². The van der Waals surface area contributed by atoms with Gasteiger partial charge >= 0.3 is 12.0 Å². The smallest absolute Gasteiger partial charge is 0.329 e. The molecule has 0 bridgehead atoms. The number of likely N-dealkylation sites (tertiary alicyclic amines) is 1. The van der Waals surface area contributed by atoms with Crippen LogP contribution < -0.4 is 0 Å². The van der Waals surface area contributed by atoms with Gasteiger partial charge in [0, 0.05) is 30.6 Å². The molecule has 0 aromatic carbocycles. The zero-order valence-corrected chi connectivity index (χ0v) is 12.4. The minimum absolute atomic E-state index is 0.0996. The lowest BCUT2D eigenvalue weighted by Gasteiger charge is -2.45. The van der Waals surface area contributed by atoms with Crippen LogP contribution in [0.15, 0.2) is 0 Å². The number of hydrogen-bond acceptors (Lipinski definition) is 3. The number of thioether (sulfide) groups is 1. The maximum Gasteiger partial charge on any atom is 0.329 e. The van der Waals surface area contributed by atoms with E-state index in [2.05, 4.69) is 0 Å². The Morgan fingerprint density at radius 3 is 2.68 bits per heavy atom. The topological polar surface area (TPSA) is 60.9 Å². The maximum atomic E-state index is 12.7. The zero-order chi connectivity index (χ0) is 14.0. The van der Waals surface area contributed by atoms with Crippen molar-refractivity contribution in [2.24, 2.45) is 0 Å². The molecule has 0 aliphatic carbocycles. The van der Waals surface area contributed by atoms with Crippen LogP contribution in [0.5, 0.6) is 0 Å². The van der Waals surface area contributed by atoms with Crippen molar-refractivity contribution in [3.05, 3.63) is 0 Å². The molecule has 1 N–H and O–H groups in total. The third-order valence-electron chi connectivity index (χ3n) is 4.20. The van der Waals surface area contributed by atoms with Crippen LogP contribution >= 0.6 is 11.8 Å². The molecule has 2 amide bonds. The lowest BCUT2D eigenvalue weighted by atomic mass is 9.88. The second-order valence-electron chi connectivity index (χ2n) is 5.59. The minimum atomic E-state index is -1.04. The summed E-state index contributed by atoms with van der Waals surface area (Å²) in [4.78, 5) is 27.6. The quantitative estimate of drug-likeness (QED) is 0.799. The summed E-state index contributed by atoms with van der Waals surface area (Å²) in [6, 6.07) is 0.0867. The number of carboxylic acid groups (broad SMARTS) is 1. The molecular formula is C13H22N2O3S. The van der Waals surface area contributed by atoms with Gasteiger partial charge < -0.3 is 14.9 Å². The molecule has 2 aliphatic rings. The molecule has 2 unspecified atom stereocenters. The van der Waals surface area contributed by atoms with Gasteiger partial charge in [0.05, 0.1) is 0 Å². The Labute approximate surface area is 118 Å². The predicted octanol–water partition coefficient (Wildman–Crippen LogP) is 1.87. The van der Waals surface area contributed by atoms with Gasteiger partial charge in [0.2, 0.25) is 0 Å². The predicted molar refractivity (Wildman–Crippen MR) is 75.5 cm³/mol. The monoisotopic (exact) mass is 286 g/mol. The van der Waals surface area contributed by atoms with Crippen LogP contribution in [0.4, 0.5) is 4.79 Å². The van der Waals surface area contributed by atoms with E-state index in [4.69, 9.17) is 0 Å². The number of urea groups is 1. The maximum absolute atomic E-state index is 12.7. The van der Waals surface area contributed by atoms with Gasteiger partial charge in [-0.2, -0.15) is 11.8 Å². The highest BCUT2D eigenvalue weighted by Crippen LogP contribution is 2.30. The van der Waals surface area contributed by atoms with E-state index in [1.165, 1.54) is 0 Å². The first-order valence-electron chi connectivity index (χ1n) is 6.86. The standard InChI is InChI=1S/C13H22N2O3S/c1-10-9-19-8-7-14(10)12(18)15-6-4-3-5-13(15,2)11(16)17/h10H,3-9H2,1-2H3,(H,16,17). The summed E-state index contributed by atoms with van der Waals surface area (Å²) in [5.41, 5.74) is -1.04. The average molecular weight is 286 g/mol. The molecule has 0 aromatic rings. The number of carboxylic acids is 1. The Bertz CT molecular complexity index is 377. The Morgan fingerprint density at radius 1 is 1.32 bits per heavy atom. The molecule has 6 heteroatoms. The third kappa shape index (κ3) is 2.68. The minimum Gasteiger partial charge on any atom is -0.480 e. The van der Waals surface area contributed by atoms with Crippen molar-refractivity contribution in [2.45, 2.75) is 44.7 Å². The zero-order valence-electron chi connectivity index (χ0n) is 11.6. The third-order valence-corrected chi connectivity index (χ3v) is 5.39. The highest BCUT2D eigenvalue weighted by Gasteiger charge is 2.45. The molecule has 108 valence electrons. The van der Waals surface area contributed by atoms with E-state index in [1.54, 1.807) is 11.8 Å². The Morgan fingerprint density at radius 2 is 2.05 bits per heavy atom. The van der Waals surface area contributed by atoms with Gasteiger partial charge in [0.15, 0.2) is 0 Å². The normalized spacial score (nSPS) is 32.2. The molecular weight excluding hydrogens is 264 g/mol. The Balaban J connectivity index is 2.17. The summed E-state index contributed by atoms with van der Waals surface area (Å²) in [5, 5.41) is 9.46. The molecule has 2 atom stereocenters. The summed E-state index contributed by atoms with van der Waals surface area (Å²) >= 11 is 1.85. The van der Waals surface area contributed by atoms with Gasteiger partial charge in [-0.1, -0.05) is 0 Å². The van der Waals surface area contributed by atoms with Gasteiger partial charge in [-0.3, -0.25) is 0 Å². The van der Waals surface area contributed by atoms with Crippen molar-refractivity contribution in [1.82, 2.24) is 9.80 Å². The molecule has 0 saturated carbocycles. The molecule has 19 heavy (non-hydrogen) atoms. The number of nitrogens with zero attached hydrogens (tertiary/aromatic N) is 2. The van der Waals surface area contributed by atoms with E-state index in [9.17, 15) is 14.7 Å². The molecule has 2 aliphatic heterocycles. The highest BCUT2D eigenvalue weighted by atomic mass is 32.2. The lowest BCUT2D eigenvalue weighted by molar-refractivity contribution is -0.150. The Kier molecular flexibility index (Phi) is 4.28. The number of amides is 2. The number of piperidine rings is 1. The number of rotatable bonds is 1. The van der Waals surface area contributed by atoms with Gasteiger partial charge in [-0.15, -0.1) is 0 Å². The largest absolute Gasteiger partial charge is 0.480 e. The molecule has 0 aromatic heterocycles. The molecule has 2 fully saturated rings. The molecule has 2 saturated heterocycles. The van der Waals surface area contributed by atoms with Crippen molar-refractivity contribution in [3.63, 3.8) is 0 Å². The first-order chi connectivity index (χ1) is 8.97. The van der Waals surface area contributed by atoms with Gasteiger partial charge in [-0.25, -0.2) is 9.59 Å². The van der Waals surface area contributed by atoms with Crippen molar-refractivity contribution in [3.8, 4) is 0 Å². The first kappa shape index (κ1) is 14.5. The van der Waals surface area contributed by atoms with E-state index in [1.807, 2.05) is 23.6 Å². The van der Waals surface area contributed by atoms with Gasteiger partial charge in [0.1, 0.15) is 5.54 Å². The molecule has 2 rings (SSSR count). The van der Waals surface area contributed by atoms with Crippen LogP contribution in [0.1, 0.15) is 33.1 Å². The molecule has 5 nitrogen and oxygen atoms in total. The fraction of sp³-hybridized carbons (Fsp3) is 0.846. The van der Waals surface area contributed by atoms with E-state index < -0.39 is 11.5 Å². The summed E-state index contributed by atoms with van der Waals surface area (Å²) in [7, 11) is 0. The van der Waals surface area contributed by atoms with Crippen molar-refractivity contribution >= 4 is 23.8 Å². The average Bonchev–Trinajstić information content (AvgIpc) is 2.39. The van der Waals surface area contributed by atoms with Crippen LogP contribution in [0, 0.1) is 0 Å². The van der Waals surface area contributed by atoms with Crippen molar-refractivity contribution in [2.75, 3.05) is 24.6 Å². The van der Waals surface area contributed by atoms with Gasteiger partial charge in [0.25, 0.3) is 0 Å². The fourth-order valence-electron chi connectivity index (χ4n) is 2.82. The van der Waals surface area contributed by atoms with Crippen LogP contribution in [0.25, 0.3) is 0 Å². The summed E-state index contributed by atoms with van der Waals surface area (Å²) < 4.78 is 0. The van der Waals surface area contributed by atoms with Crippen LogP contribution in [0.2, 0.25) is 0 Å². The summed E-state index contributed by atoms with van der Waals surface area (Å²) in [6.07, 6.45) is 2.31. The molecule has 0 spiro atoms. The number of aliphatic carboxylic acids is 1. The number of carbonyl (C=O) groups excluding carboxylic acids is 1. The number of carbonyl (C=O) groups is 2. The van der Waals surface area contributed by atoms with E-state index in [0.717, 1.165) is 30.9 Å². The van der Waals surface area contributed by atoms with Crippen molar-refractivity contribution < 1.29 is 14.7 Å². The number of hydrogen-bond donors (Lipinski definition) is 1. The fourth-order valence-corrected chi connectivity index (χ4v) is 3.83. The van der Waals surface area contributed by atoms with Crippen LogP contribution in [-0.4, -0.2) is 63.1 Å². The first-order valence-corrected chi connectivity index (χ1v) is 8.01. The lowest BCUT2D eigenvalue weighted by Crippen LogP contribution is -2.62. The summed E-state index contributed by atoms with van der Waals surface area (Å²) in [6.45, 7) is 4.98. The Hall–Kier alpha value is -0.910. The second-order valence-corrected chi connectivity index (χ2v) is 6.74. The van der Waals surface area contributed by atoms with E-state index in [0.29, 0.717) is 13.0 Å². The van der Waals surface area contributed by atoms with E-state index in [-0.39, 0.29) is 12.1 Å². The van der Waals surface area contributed by atoms with Crippen molar-refractivity contribution in [1.29, 1.82) is 0 Å². The molecule has 2 heterocycles.